The van der Waals surface area contributed by atoms with Crippen LogP contribution in [-0.4, -0.2) is 36.1 Å². The van der Waals surface area contributed by atoms with Gasteiger partial charge in [0.1, 0.15) is 0 Å². The number of rotatable bonds is 4. The number of methoxy groups -OCH3 is 1. The third kappa shape index (κ3) is 3.88. The average Bonchev–Trinajstić information content (AvgIpc) is 2.76. The molecule has 0 radical (unpaired) electrons. The first kappa shape index (κ1) is 19.2. The summed E-state index contributed by atoms with van der Waals surface area (Å²) in [5.41, 5.74) is 4.79. The number of piperidine rings is 1. The number of fused-ring (bicyclic) bond motifs is 1. The van der Waals surface area contributed by atoms with E-state index >= 15 is 0 Å². The zero-order valence-corrected chi connectivity index (χ0v) is 17.1. The lowest BCUT2D eigenvalue weighted by Gasteiger charge is -2.33. The molecule has 0 aliphatic carbocycles. The van der Waals surface area contributed by atoms with Gasteiger partial charge in [-0.25, -0.2) is 9.97 Å². The molecule has 2 aromatic carbocycles. The summed E-state index contributed by atoms with van der Waals surface area (Å²) in [6, 6.07) is 13.7. The van der Waals surface area contributed by atoms with Crippen LogP contribution in [0.5, 0.6) is 5.88 Å². The minimum Gasteiger partial charge on any atom is -0.478 e. The zero-order chi connectivity index (χ0) is 20.4. The van der Waals surface area contributed by atoms with Crippen molar-refractivity contribution >= 4 is 28.4 Å². The Kier molecular flexibility index (Phi) is 5.34. The normalized spacial score (nSPS) is 16.7. The maximum Gasteiger partial charge on any atom is 0.257 e. The summed E-state index contributed by atoms with van der Waals surface area (Å²) in [7, 11) is 1.61. The lowest BCUT2D eigenvalue weighted by atomic mass is 9.96. The van der Waals surface area contributed by atoms with E-state index in [0.717, 1.165) is 41.7 Å². The predicted molar refractivity (Wildman–Crippen MR) is 116 cm³/mol. The van der Waals surface area contributed by atoms with Crippen molar-refractivity contribution in [3.05, 3.63) is 53.6 Å². The van der Waals surface area contributed by atoms with Crippen LogP contribution in [0, 0.1) is 19.8 Å². The van der Waals surface area contributed by atoms with Gasteiger partial charge < -0.3 is 15.0 Å². The first-order valence-corrected chi connectivity index (χ1v) is 9.99. The number of amides is 1. The molecular formula is C23H26N4O2. The number of ether oxygens (including phenoxy) is 1. The number of benzene rings is 2. The minimum absolute atomic E-state index is 0.0520. The molecule has 29 heavy (non-hydrogen) atoms. The van der Waals surface area contributed by atoms with Gasteiger partial charge in [0.15, 0.2) is 5.82 Å². The number of anilines is 2. The summed E-state index contributed by atoms with van der Waals surface area (Å²) >= 11 is 0. The lowest BCUT2D eigenvalue weighted by Crippen LogP contribution is -2.41. The van der Waals surface area contributed by atoms with E-state index in [2.05, 4.69) is 28.2 Å². The number of hydrogen-bond acceptors (Lipinski definition) is 5. The van der Waals surface area contributed by atoms with Crippen molar-refractivity contribution in [1.29, 1.82) is 0 Å². The number of nitrogens with one attached hydrogen (secondary N) is 1. The van der Waals surface area contributed by atoms with E-state index in [-0.39, 0.29) is 11.8 Å². The lowest BCUT2D eigenvalue weighted by molar-refractivity contribution is -0.120. The van der Waals surface area contributed by atoms with Crippen LogP contribution < -0.4 is 15.0 Å². The van der Waals surface area contributed by atoms with Crippen LogP contribution in [0.4, 0.5) is 11.5 Å². The van der Waals surface area contributed by atoms with Crippen molar-refractivity contribution in [3.63, 3.8) is 0 Å². The molecule has 0 spiro atoms. The van der Waals surface area contributed by atoms with E-state index in [1.807, 2.05) is 43.3 Å². The Morgan fingerprint density at radius 2 is 1.86 bits per heavy atom. The Balaban J connectivity index is 1.56. The first-order valence-electron chi connectivity index (χ1n) is 9.99. The number of hydrogen-bond donors (Lipinski definition) is 1. The van der Waals surface area contributed by atoms with Crippen LogP contribution in [0.25, 0.3) is 11.0 Å². The molecule has 1 saturated heterocycles. The summed E-state index contributed by atoms with van der Waals surface area (Å²) < 4.78 is 5.51. The van der Waals surface area contributed by atoms with Gasteiger partial charge in [-0.2, -0.15) is 0 Å². The molecule has 4 rings (SSSR count). The van der Waals surface area contributed by atoms with Crippen molar-refractivity contribution in [2.24, 2.45) is 5.92 Å². The quantitative estimate of drug-likeness (QED) is 0.726. The molecule has 1 fully saturated rings. The van der Waals surface area contributed by atoms with E-state index in [1.54, 1.807) is 7.11 Å². The van der Waals surface area contributed by atoms with Crippen molar-refractivity contribution < 1.29 is 9.53 Å². The number of carbonyl (C=O) groups is 1. The summed E-state index contributed by atoms with van der Waals surface area (Å²) in [4.78, 5) is 24.5. The maximum atomic E-state index is 13.0. The summed E-state index contributed by atoms with van der Waals surface area (Å²) in [5.74, 6) is 1.15. The average molecular weight is 390 g/mol. The van der Waals surface area contributed by atoms with Gasteiger partial charge in [0, 0.05) is 18.8 Å². The highest BCUT2D eigenvalue weighted by Gasteiger charge is 2.29. The molecule has 150 valence electrons. The number of aromatic nitrogens is 2. The number of carbonyl (C=O) groups excluding carboxylic acids is 1. The first-order chi connectivity index (χ1) is 14.1. The molecule has 1 atom stereocenters. The molecule has 2 heterocycles. The van der Waals surface area contributed by atoms with Crippen molar-refractivity contribution in [2.45, 2.75) is 26.7 Å². The summed E-state index contributed by atoms with van der Waals surface area (Å²) in [5, 5.41) is 3.12. The fourth-order valence-corrected chi connectivity index (χ4v) is 3.82. The predicted octanol–water partition coefficient (Wildman–Crippen LogP) is 4.11. The van der Waals surface area contributed by atoms with Crippen molar-refractivity contribution in [3.8, 4) is 5.88 Å². The van der Waals surface area contributed by atoms with E-state index in [9.17, 15) is 4.79 Å². The molecule has 0 saturated carbocycles. The molecule has 1 aliphatic rings. The van der Waals surface area contributed by atoms with E-state index < -0.39 is 0 Å². The summed E-state index contributed by atoms with van der Waals surface area (Å²) in [6.45, 7) is 5.52. The molecule has 1 aromatic heterocycles. The van der Waals surface area contributed by atoms with Crippen LogP contribution in [0.1, 0.15) is 24.0 Å². The Morgan fingerprint density at radius 3 is 2.62 bits per heavy atom. The fraction of sp³-hybridized carbons (Fsp3) is 0.348. The van der Waals surface area contributed by atoms with E-state index in [0.29, 0.717) is 18.2 Å². The highest BCUT2D eigenvalue weighted by atomic mass is 16.5. The van der Waals surface area contributed by atoms with Crippen LogP contribution in [0.2, 0.25) is 0 Å². The molecule has 1 aliphatic heterocycles. The molecule has 6 heteroatoms. The minimum atomic E-state index is -0.110. The van der Waals surface area contributed by atoms with Gasteiger partial charge in [-0.05, 0) is 56.0 Å². The number of aryl methyl sites for hydroxylation is 1. The van der Waals surface area contributed by atoms with Crippen molar-refractivity contribution in [2.75, 3.05) is 30.4 Å². The third-order valence-corrected chi connectivity index (χ3v) is 5.67. The molecule has 3 aromatic rings. The second kappa shape index (κ2) is 8.07. The van der Waals surface area contributed by atoms with Gasteiger partial charge in [-0.3, -0.25) is 4.79 Å². The van der Waals surface area contributed by atoms with Gasteiger partial charge in [0.25, 0.3) is 5.88 Å². The molecule has 1 N–H and O–H groups in total. The largest absolute Gasteiger partial charge is 0.478 e. The van der Waals surface area contributed by atoms with Gasteiger partial charge >= 0.3 is 0 Å². The number of nitrogens with zero attached hydrogens (tertiary/aromatic N) is 3. The molecule has 6 nitrogen and oxygen atoms in total. The van der Waals surface area contributed by atoms with Gasteiger partial charge in [0.05, 0.1) is 24.1 Å². The molecule has 0 bridgehead atoms. The zero-order valence-electron chi connectivity index (χ0n) is 17.1. The molecule has 0 unspecified atom stereocenters. The third-order valence-electron chi connectivity index (χ3n) is 5.67. The topological polar surface area (TPSA) is 67.4 Å². The number of para-hydroxylation sites is 2. The van der Waals surface area contributed by atoms with Gasteiger partial charge in [-0.1, -0.05) is 24.3 Å². The highest BCUT2D eigenvalue weighted by Crippen LogP contribution is 2.31. The van der Waals surface area contributed by atoms with Gasteiger partial charge in [0.2, 0.25) is 5.91 Å². The SMILES string of the molecule is COc1nc2ccccc2nc1N1CCC[C@@H](C(=O)Nc2cccc(C)c2C)C1. The van der Waals surface area contributed by atoms with E-state index in [4.69, 9.17) is 9.72 Å². The summed E-state index contributed by atoms with van der Waals surface area (Å²) in [6.07, 6.45) is 1.78. The smallest absolute Gasteiger partial charge is 0.257 e. The van der Waals surface area contributed by atoms with Crippen LogP contribution >= 0.6 is 0 Å². The second-order valence-electron chi connectivity index (χ2n) is 7.57. The highest BCUT2D eigenvalue weighted by molar-refractivity contribution is 5.94. The standard InChI is InChI=1S/C23H26N4O2/c1-15-8-6-12-18(16(15)2)25-22(28)17-9-7-13-27(14-17)21-23(29-3)26-20-11-5-4-10-19(20)24-21/h4-6,8,10-12,17H,7,9,13-14H2,1-3H3,(H,25,28)/t17-/m1/s1. The van der Waals surface area contributed by atoms with Crippen molar-refractivity contribution in [1.82, 2.24) is 9.97 Å². The Hall–Kier alpha value is -3.15. The van der Waals surface area contributed by atoms with Crippen LogP contribution in [-0.2, 0) is 4.79 Å². The molecule has 1 amide bonds. The Labute approximate surface area is 170 Å². The second-order valence-corrected chi connectivity index (χ2v) is 7.57. The van der Waals surface area contributed by atoms with Crippen LogP contribution in [0.3, 0.4) is 0 Å². The maximum absolute atomic E-state index is 13.0. The van der Waals surface area contributed by atoms with Crippen LogP contribution in [0.15, 0.2) is 42.5 Å². The fourth-order valence-electron chi connectivity index (χ4n) is 3.82. The Bertz CT molecular complexity index is 1050. The van der Waals surface area contributed by atoms with Gasteiger partial charge in [-0.15, -0.1) is 0 Å². The Morgan fingerprint density at radius 1 is 1.10 bits per heavy atom. The molecular weight excluding hydrogens is 364 g/mol. The monoisotopic (exact) mass is 390 g/mol. The van der Waals surface area contributed by atoms with E-state index in [1.165, 1.54) is 5.56 Å².